The molecule has 0 spiro atoms. The molecule has 19 heavy (non-hydrogen) atoms. The number of nitrogens with zero attached hydrogens (tertiary/aromatic N) is 2. The number of amidine groups is 1. The predicted molar refractivity (Wildman–Crippen MR) is 81.0 cm³/mol. The number of allylic oxidation sites excluding steroid dienone is 1. The molecule has 3 rings (SSSR count). The van der Waals surface area contributed by atoms with Gasteiger partial charge in [0, 0.05) is 12.2 Å². The number of ether oxygens (including phenoxy) is 1. The van der Waals surface area contributed by atoms with E-state index in [2.05, 4.69) is 22.4 Å². The average molecular weight is 295 g/mol. The van der Waals surface area contributed by atoms with Crippen molar-refractivity contribution in [1.29, 1.82) is 0 Å². The lowest BCUT2D eigenvalue weighted by Gasteiger charge is -2.16. The van der Waals surface area contributed by atoms with Gasteiger partial charge in [-0.2, -0.15) is 0 Å². The Morgan fingerprint density at radius 1 is 1.42 bits per heavy atom. The molecule has 2 heterocycles. The van der Waals surface area contributed by atoms with Crippen LogP contribution in [0.2, 0.25) is 0 Å². The van der Waals surface area contributed by atoms with E-state index in [4.69, 9.17) is 21.3 Å². The van der Waals surface area contributed by atoms with E-state index in [0.29, 0.717) is 11.9 Å². The van der Waals surface area contributed by atoms with Crippen LogP contribution in [0.5, 0.6) is 5.75 Å². The number of hydrogen-bond donors (Lipinski definition) is 0. The van der Waals surface area contributed by atoms with Gasteiger partial charge in [-0.1, -0.05) is 23.9 Å². The number of alkyl halides is 1. The van der Waals surface area contributed by atoms with Gasteiger partial charge in [-0.05, 0) is 29.5 Å². The number of thioether (sulfide) groups is 1. The standard InChI is InChI=1S/C14H15ClN2OS/c1-18-13-4-2-10(3-5-13)6-11-8-17-12(7-15)9-19-14(17)16-11/h2-5,9,11H,6-8H2,1H3. The van der Waals surface area contributed by atoms with Gasteiger partial charge in [0.1, 0.15) is 5.75 Å². The molecule has 0 saturated carbocycles. The van der Waals surface area contributed by atoms with Gasteiger partial charge in [-0.25, -0.2) is 0 Å². The molecule has 0 aliphatic carbocycles. The summed E-state index contributed by atoms with van der Waals surface area (Å²) in [6.45, 7) is 0.937. The molecule has 3 nitrogen and oxygen atoms in total. The maximum Gasteiger partial charge on any atom is 0.168 e. The van der Waals surface area contributed by atoms with Gasteiger partial charge in [-0.3, -0.25) is 4.99 Å². The van der Waals surface area contributed by atoms with Crippen molar-refractivity contribution in [2.24, 2.45) is 4.99 Å². The Morgan fingerprint density at radius 2 is 2.21 bits per heavy atom. The van der Waals surface area contributed by atoms with E-state index >= 15 is 0 Å². The van der Waals surface area contributed by atoms with Crippen molar-refractivity contribution in [3.8, 4) is 5.75 Å². The second-order valence-electron chi connectivity index (χ2n) is 4.59. The fourth-order valence-electron chi connectivity index (χ4n) is 2.32. The quantitative estimate of drug-likeness (QED) is 0.798. The topological polar surface area (TPSA) is 24.8 Å². The third kappa shape index (κ3) is 2.60. The maximum atomic E-state index is 5.92. The summed E-state index contributed by atoms with van der Waals surface area (Å²) in [6.07, 6.45) is 0.958. The number of benzene rings is 1. The van der Waals surface area contributed by atoms with Gasteiger partial charge < -0.3 is 9.64 Å². The summed E-state index contributed by atoms with van der Waals surface area (Å²) >= 11 is 7.60. The van der Waals surface area contributed by atoms with Crippen molar-refractivity contribution in [3.05, 3.63) is 40.9 Å². The summed E-state index contributed by atoms with van der Waals surface area (Å²) in [5.74, 6) is 1.45. The highest BCUT2D eigenvalue weighted by Gasteiger charge is 2.31. The van der Waals surface area contributed by atoms with Gasteiger partial charge in [-0.15, -0.1) is 11.6 Å². The maximum absolute atomic E-state index is 5.92. The van der Waals surface area contributed by atoms with Crippen molar-refractivity contribution in [2.45, 2.75) is 12.5 Å². The zero-order valence-electron chi connectivity index (χ0n) is 10.7. The highest BCUT2D eigenvalue weighted by molar-refractivity contribution is 8.16. The minimum atomic E-state index is 0.322. The van der Waals surface area contributed by atoms with Gasteiger partial charge >= 0.3 is 0 Å². The van der Waals surface area contributed by atoms with Gasteiger partial charge in [0.25, 0.3) is 0 Å². The van der Waals surface area contributed by atoms with Crippen LogP contribution in [0, 0.1) is 0 Å². The number of hydrogen-bond acceptors (Lipinski definition) is 4. The molecule has 1 atom stereocenters. The second kappa shape index (κ2) is 5.47. The summed E-state index contributed by atoms with van der Waals surface area (Å²) in [5, 5.41) is 3.18. The molecule has 0 N–H and O–H groups in total. The molecule has 0 bridgehead atoms. The third-order valence-corrected chi connectivity index (χ3v) is 4.53. The number of fused-ring (bicyclic) bond motifs is 1. The molecule has 1 unspecified atom stereocenters. The molecule has 2 aliphatic rings. The first-order valence-corrected chi connectivity index (χ1v) is 7.61. The lowest BCUT2D eigenvalue weighted by Crippen LogP contribution is -2.25. The van der Waals surface area contributed by atoms with Crippen LogP contribution in [0.15, 0.2) is 40.4 Å². The van der Waals surface area contributed by atoms with E-state index in [1.807, 2.05) is 12.1 Å². The van der Waals surface area contributed by atoms with Crippen LogP contribution in [0.1, 0.15) is 5.56 Å². The van der Waals surface area contributed by atoms with Crippen LogP contribution in [-0.4, -0.2) is 35.6 Å². The molecule has 0 amide bonds. The van der Waals surface area contributed by atoms with Crippen molar-refractivity contribution in [1.82, 2.24) is 4.90 Å². The molecule has 0 radical (unpaired) electrons. The van der Waals surface area contributed by atoms with E-state index in [-0.39, 0.29) is 0 Å². The number of halogens is 1. The molecule has 2 aliphatic heterocycles. The molecular weight excluding hydrogens is 280 g/mol. The number of aliphatic imine (C=N–C) groups is 1. The van der Waals surface area contributed by atoms with Gasteiger partial charge in [0.15, 0.2) is 5.17 Å². The SMILES string of the molecule is COc1ccc(CC2CN3C(CCl)=CSC3=N2)cc1. The van der Waals surface area contributed by atoms with E-state index in [9.17, 15) is 0 Å². The second-order valence-corrected chi connectivity index (χ2v) is 5.69. The van der Waals surface area contributed by atoms with Crippen molar-refractivity contribution in [2.75, 3.05) is 19.5 Å². The largest absolute Gasteiger partial charge is 0.497 e. The molecule has 0 aromatic heterocycles. The molecule has 0 fully saturated rings. The van der Waals surface area contributed by atoms with E-state index in [1.54, 1.807) is 18.9 Å². The van der Waals surface area contributed by atoms with Crippen LogP contribution in [0.25, 0.3) is 0 Å². The molecule has 100 valence electrons. The van der Waals surface area contributed by atoms with E-state index in [1.165, 1.54) is 11.3 Å². The first-order chi connectivity index (χ1) is 9.30. The minimum Gasteiger partial charge on any atom is -0.497 e. The molecule has 5 heteroatoms. The Bertz CT molecular complexity index is 527. The molecule has 0 saturated heterocycles. The highest BCUT2D eigenvalue weighted by Crippen LogP contribution is 2.32. The van der Waals surface area contributed by atoms with Crippen molar-refractivity contribution in [3.63, 3.8) is 0 Å². The summed E-state index contributed by atoms with van der Waals surface area (Å²) in [6, 6.07) is 8.53. The summed E-state index contributed by atoms with van der Waals surface area (Å²) in [7, 11) is 1.68. The van der Waals surface area contributed by atoms with Crippen LogP contribution in [0.4, 0.5) is 0 Å². The first kappa shape index (κ1) is 12.9. The Labute approximate surface area is 122 Å². The third-order valence-electron chi connectivity index (χ3n) is 3.33. The van der Waals surface area contributed by atoms with Gasteiger partial charge in [0.05, 0.1) is 19.0 Å². The Kier molecular flexibility index (Phi) is 3.71. The fraction of sp³-hybridized carbons (Fsp3) is 0.357. The van der Waals surface area contributed by atoms with Crippen LogP contribution < -0.4 is 4.74 Å². The normalized spacial score (nSPS) is 21.2. The molecule has 1 aromatic rings. The lowest BCUT2D eigenvalue weighted by atomic mass is 10.1. The fourth-order valence-corrected chi connectivity index (χ4v) is 3.62. The predicted octanol–water partition coefficient (Wildman–Crippen LogP) is 3.10. The zero-order valence-corrected chi connectivity index (χ0v) is 12.2. The molecular formula is C14H15ClN2OS. The highest BCUT2D eigenvalue weighted by atomic mass is 35.5. The Balaban J connectivity index is 1.65. The zero-order chi connectivity index (χ0) is 13.2. The van der Waals surface area contributed by atoms with E-state index in [0.717, 1.165) is 23.9 Å². The monoisotopic (exact) mass is 294 g/mol. The average Bonchev–Trinajstić information content (AvgIpc) is 2.99. The van der Waals surface area contributed by atoms with Crippen LogP contribution >= 0.6 is 23.4 Å². The summed E-state index contributed by atoms with van der Waals surface area (Å²) < 4.78 is 5.17. The minimum absolute atomic E-state index is 0.322. The Morgan fingerprint density at radius 3 is 2.89 bits per heavy atom. The lowest BCUT2D eigenvalue weighted by molar-refractivity contribution is 0.414. The number of methoxy groups -OCH3 is 1. The van der Waals surface area contributed by atoms with Crippen molar-refractivity contribution >= 4 is 28.5 Å². The smallest absolute Gasteiger partial charge is 0.168 e. The van der Waals surface area contributed by atoms with Crippen molar-refractivity contribution < 1.29 is 4.74 Å². The Hall–Kier alpha value is -1.13. The summed E-state index contributed by atoms with van der Waals surface area (Å²) in [4.78, 5) is 6.98. The summed E-state index contributed by atoms with van der Waals surface area (Å²) in [5.41, 5.74) is 2.46. The number of rotatable bonds is 4. The van der Waals surface area contributed by atoms with Crippen LogP contribution in [0.3, 0.4) is 0 Å². The van der Waals surface area contributed by atoms with Gasteiger partial charge in [0.2, 0.25) is 0 Å². The van der Waals surface area contributed by atoms with E-state index < -0.39 is 0 Å². The molecule has 1 aromatic carbocycles. The first-order valence-electron chi connectivity index (χ1n) is 6.20. The van der Waals surface area contributed by atoms with Crippen LogP contribution in [-0.2, 0) is 6.42 Å².